The first-order chi connectivity index (χ1) is 7.79. The average molecular weight is 275 g/mol. The number of hydrogen-bond acceptors (Lipinski definition) is 4. The third kappa shape index (κ3) is 2.35. The average Bonchev–Trinajstić information content (AvgIpc) is 2.30. The summed E-state index contributed by atoms with van der Waals surface area (Å²) in [5, 5.41) is 10.8. The molecule has 2 aromatic rings. The van der Waals surface area contributed by atoms with Crippen LogP contribution in [0.15, 0.2) is 41.1 Å². The summed E-state index contributed by atoms with van der Waals surface area (Å²) in [6.45, 7) is 0. The van der Waals surface area contributed by atoms with Gasteiger partial charge in [-0.15, -0.1) is 0 Å². The zero-order valence-corrected chi connectivity index (χ0v) is 9.77. The molecule has 0 amide bonds. The van der Waals surface area contributed by atoms with Gasteiger partial charge in [-0.25, -0.2) is 9.97 Å². The van der Waals surface area contributed by atoms with Crippen molar-refractivity contribution < 1.29 is 0 Å². The molecule has 1 aromatic heterocycles. The molecule has 1 N–H and O–H groups in total. The fourth-order valence-corrected chi connectivity index (χ4v) is 1.66. The Hall–Kier alpha value is -1.93. The summed E-state index contributed by atoms with van der Waals surface area (Å²) < 4.78 is 1.00. The quantitative estimate of drug-likeness (QED) is 0.676. The molecule has 0 radical (unpaired) electrons. The van der Waals surface area contributed by atoms with E-state index in [1.165, 1.54) is 0 Å². The van der Waals surface area contributed by atoms with E-state index in [4.69, 9.17) is 5.26 Å². The van der Waals surface area contributed by atoms with Gasteiger partial charge in [-0.1, -0.05) is 28.1 Å². The van der Waals surface area contributed by atoms with Crippen molar-refractivity contribution in [3.63, 3.8) is 0 Å². The molecule has 0 saturated carbocycles. The second kappa shape index (κ2) is 4.73. The van der Waals surface area contributed by atoms with E-state index in [0.717, 1.165) is 15.6 Å². The molecule has 0 spiro atoms. The number of hydrogen-bond donors (Lipinski definition) is 1. The van der Waals surface area contributed by atoms with Crippen LogP contribution in [0.4, 0.5) is 5.95 Å². The topological polar surface area (TPSA) is 61.6 Å². The molecule has 0 fully saturated rings. The highest BCUT2D eigenvalue weighted by atomic mass is 79.9. The van der Waals surface area contributed by atoms with Gasteiger partial charge in [0, 0.05) is 22.4 Å². The largest absolute Gasteiger partial charge is 0.261 e. The third-order valence-electron chi connectivity index (χ3n) is 1.98. The Balaban J connectivity index is 2.32. The van der Waals surface area contributed by atoms with Crippen molar-refractivity contribution in [3.8, 4) is 17.3 Å². The number of anilines is 1. The highest BCUT2D eigenvalue weighted by Gasteiger charge is 2.00. The van der Waals surface area contributed by atoms with E-state index >= 15 is 0 Å². The van der Waals surface area contributed by atoms with Gasteiger partial charge in [-0.2, -0.15) is 5.26 Å². The molecule has 1 heterocycles. The van der Waals surface area contributed by atoms with Crippen molar-refractivity contribution in [2.75, 3.05) is 5.32 Å². The summed E-state index contributed by atoms with van der Waals surface area (Å²) in [7, 11) is 0. The van der Waals surface area contributed by atoms with Gasteiger partial charge >= 0.3 is 0 Å². The summed E-state index contributed by atoms with van der Waals surface area (Å²) in [5.74, 6) is 0.307. The van der Waals surface area contributed by atoms with Gasteiger partial charge in [-0.3, -0.25) is 5.32 Å². The molecule has 16 heavy (non-hydrogen) atoms. The summed E-state index contributed by atoms with van der Waals surface area (Å²) in [6.07, 6.45) is 5.12. The van der Waals surface area contributed by atoms with Crippen molar-refractivity contribution in [2.24, 2.45) is 0 Å². The summed E-state index contributed by atoms with van der Waals surface area (Å²) in [6, 6.07) is 7.85. The molecule has 2 rings (SSSR count). The van der Waals surface area contributed by atoms with Crippen molar-refractivity contribution in [1.82, 2.24) is 9.97 Å². The molecular weight excluding hydrogens is 268 g/mol. The minimum absolute atomic E-state index is 0.307. The number of nitrogens with zero attached hydrogens (tertiary/aromatic N) is 3. The maximum absolute atomic E-state index is 8.40. The van der Waals surface area contributed by atoms with Gasteiger partial charge in [0.1, 0.15) is 0 Å². The first kappa shape index (κ1) is 10.6. The molecular formula is C11H7BrN4. The maximum atomic E-state index is 8.40. The Morgan fingerprint density at radius 3 is 2.56 bits per heavy atom. The first-order valence-corrected chi connectivity index (χ1v) is 5.32. The molecule has 5 heteroatoms. The number of halogens is 1. The number of nitriles is 1. The Bertz CT molecular complexity index is 530. The van der Waals surface area contributed by atoms with Crippen LogP contribution in [0.1, 0.15) is 0 Å². The summed E-state index contributed by atoms with van der Waals surface area (Å²) in [5.41, 5.74) is 1.93. The zero-order chi connectivity index (χ0) is 11.4. The number of aromatic nitrogens is 2. The monoisotopic (exact) mass is 274 g/mol. The lowest BCUT2D eigenvalue weighted by Gasteiger charge is -2.01. The molecule has 0 aliphatic carbocycles. The number of benzene rings is 1. The van der Waals surface area contributed by atoms with E-state index < -0.39 is 0 Å². The fraction of sp³-hybridized carbons (Fsp3) is 0. The van der Waals surface area contributed by atoms with Gasteiger partial charge in [0.2, 0.25) is 5.95 Å². The van der Waals surface area contributed by atoms with Crippen LogP contribution in [0.25, 0.3) is 11.1 Å². The predicted molar refractivity (Wildman–Crippen MR) is 64.4 cm³/mol. The van der Waals surface area contributed by atoms with E-state index in [-0.39, 0.29) is 0 Å². The van der Waals surface area contributed by atoms with Gasteiger partial charge in [0.15, 0.2) is 6.19 Å². The van der Waals surface area contributed by atoms with E-state index in [9.17, 15) is 0 Å². The molecule has 4 nitrogen and oxygen atoms in total. The van der Waals surface area contributed by atoms with Gasteiger partial charge < -0.3 is 0 Å². The lowest BCUT2D eigenvalue weighted by atomic mass is 10.1. The third-order valence-corrected chi connectivity index (χ3v) is 2.47. The van der Waals surface area contributed by atoms with Gasteiger partial charge in [0.25, 0.3) is 0 Å². The van der Waals surface area contributed by atoms with Gasteiger partial charge in [-0.05, 0) is 17.7 Å². The lowest BCUT2D eigenvalue weighted by Crippen LogP contribution is -1.94. The zero-order valence-electron chi connectivity index (χ0n) is 8.18. The number of nitrogens with one attached hydrogen (secondary N) is 1. The molecule has 1 aromatic carbocycles. The standard InChI is InChI=1S/C11H7BrN4/c12-10-3-1-2-8(4-10)9-5-14-11(15-6-9)16-7-13/h1-6H,(H,14,15,16). The van der Waals surface area contributed by atoms with Crippen LogP contribution in [-0.4, -0.2) is 9.97 Å². The molecule has 0 saturated heterocycles. The van der Waals surface area contributed by atoms with E-state index in [1.54, 1.807) is 18.6 Å². The van der Waals surface area contributed by atoms with E-state index in [0.29, 0.717) is 5.95 Å². The van der Waals surface area contributed by atoms with Crippen molar-refractivity contribution in [1.29, 1.82) is 5.26 Å². The number of rotatable bonds is 2. The lowest BCUT2D eigenvalue weighted by molar-refractivity contribution is 1.17. The van der Waals surface area contributed by atoms with Gasteiger partial charge in [0.05, 0.1) is 0 Å². The van der Waals surface area contributed by atoms with Crippen LogP contribution in [-0.2, 0) is 0 Å². The van der Waals surface area contributed by atoms with Crippen molar-refractivity contribution in [3.05, 3.63) is 41.1 Å². The normalized spacial score (nSPS) is 9.50. The molecule has 0 unspecified atom stereocenters. The maximum Gasteiger partial charge on any atom is 0.236 e. The fourth-order valence-electron chi connectivity index (χ4n) is 1.26. The van der Waals surface area contributed by atoms with Crippen LogP contribution in [0, 0.1) is 11.5 Å². The van der Waals surface area contributed by atoms with Crippen LogP contribution in [0.5, 0.6) is 0 Å². The van der Waals surface area contributed by atoms with Crippen LogP contribution in [0.2, 0.25) is 0 Å². The van der Waals surface area contributed by atoms with E-state index in [1.807, 2.05) is 24.3 Å². The highest BCUT2D eigenvalue weighted by Crippen LogP contribution is 2.21. The van der Waals surface area contributed by atoms with Crippen molar-refractivity contribution >= 4 is 21.9 Å². The van der Waals surface area contributed by atoms with Crippen LogP contribution < -0.4 is 5.32 Å². The summed E-state index contributed by atoms with van der Waals surface area (Å²) >= 11 is 3.40. The molecule has 0 atom stereocenters. The van der Waals surface area contributed by atoms with Crippen LogP contribution in [0.3, 0.4) is 0 Å². The minimum Gasteiger partial charge on any atom is -0.261 e. The highest BCUT2D eigenvalue weighted by molar-refractivity contribution is 9.10. The second-order valence-electron chi connectivity index (χ2n) is 3.04. The molecule has 0 bridgehead atoms. The predicted octanol–water partition coefficient (Wildman–Crippen LogP) is 2.80. The first-order valence-electron chi connectivity index (χ1n) is 4.52. The molecule has 78 valence electrons. The second-order valence-corrected chi connectivity index (χ2v) is 3.96. The SMILES string of the molecule is N#CNc1ncc(-c2cccc(Br)c2)cn1. The van der Waals surface area contributed by atoms with E-state index in [2.05, 4.69) is 31.2 Å². The Morgan fingerprint density at radius 2 is 1.94 bits per heavy atom. The minimum atomic E-state index is 0.307. The van der Waals surface area contributed by atoms with Crippen LogP contribution >= 0.6 is 15.9 Å². The molecule has 0 aliphatic heterocycles. The Kier molecular flexibility index (Phi) is 3.13. The molecule has 0 aliphatic rings. The Labute approximate surface area is 101 Å². The summed E-state index contributed by atoms with van der Waals surface area (Å²) in [4.78, 5) is 8.03. The smallest absolute Gasteiger partial charge is 0.236 e. The Morgan fingerprint density at radius 1 is 1.19 bits per heavy atom. The van der Waals surface area contributed by atoms with Crippen molar-refractivity contribution in [2.45, 2.75) is 0 Å².